The van der Waals surface area contributed by atoms with Crippen LogP contribution in [-0.2, 0) is 27.3 Å². The molecule has 1 aromatic heterocycles. The summed E-state index contributed by atoms with van der Waals surface area (Å²) < 4.78 is 19.5. The number of halogens is 1. The Kier molecular flexibility index (Phi) is 6.10. The third-order valence-corrected chi connectivity index (χ3v) is 6.81. The lowest BCUT2D eigenvalue weighted by atomic mass is 9.79. The van der Waals surface area contributed by atoms with Gasteiger partial charge in [-0.2, -0.15) is 0 Å². The van der Waals surface area contributed by atoms with Crippen LogP contribution in [0.3, 0.4) is 0 Å². The molecule has 6 nitrogen and oxygen atoms in total. The van der Waals surface area contributed by atoms with E-state index < -0.39 is 12.1 Å². The number of aromatic nitrogens is 1. The van der Waals surface area contributed by atoms with E-state index in [-0.39, 0.29) is 23.6 Å². The van der Waals surface area contributed by atoms with Crippen LogP contribution in [0.25, 0.3) is 16.6 Å². The Morgan fingerprint density at radius 1 is 1.30 bits per heavy atom. The number of esters is 1. The van der Waals surface area contributed by atoms with Gasteiger partial charge in [0.2, 0.25) is 0 Å². The SMILES string of the molecule is CC.Cc1c(F)cc2nc3c(c4c2c1CC[C@@H]4C)CN(C)/C3=C\C1=C(C=O)COC(=O)C1O. The number of benzene rings is 1. The van der Waals surface area contributed by atoms with Crippen LogP contribution in [-0.4, -0.2) is 47.0 Å². The van der Waals surface area contributed by atoms with E-state index in [4.69, 9.17) is 9.72 Å². The normalized spacial score (nSPS) is 22.8. The van der Waals surface area contributed by atoms with Crippen molar-refractivity contribution in [2.24, 2.45) is 0 Å². The van der Waals surface area contributed by atoms with Gasteiger partial charge in [0.15, 0.2) is 6.10 Å². The van der Waals surface area contributed by atoms with Crippen LogP contribution in [0.15, 0.2) is 23.3 Å². The minimum Gasteiger partial charge on any atom is -0.459 e. The van der Waals surface area contributed by atoms with Gasteiger partial charge in [0, 0.05) is 41.8 Å². The Morgan fingerprint density at radius 3 is 2.73 bits per heavy atom. The van der Waals surface area contributed by atoms with Crippen molar-refractivity contribution in [2.75, 3.05) is 13.7 Å². The number of cyclic esters (lactones) is 1. The molecule has 2 aromatic rings. The Balaban J connectivity index is 0.00000126. The highest BCUT2D eigenvalue weighted by molar-refractivity contribution is 5.93. The van der Waals surface area contributed by atoms with Gasteiger partial charge in [-0.1, -0.05) is 20.8 Å². The average molecular weight is 453 g/mol. The fourth-order valence-electron chi connectivity index (χ4n) is 5.09. The van der Waals surface area contributed by atoms with Crippen LogP contribution >= 0.6 is 0 Å². The number of hydrogen-bond donors (Lipinski definition) is 1. The zero-order chi connectivity index (χ0) is 24.0. The lowest BCUT2D eigenvalue weighted by Gasteiger charge is -2.26. The molecule has 1 unspecified atom stereocenters. The second-order valence-corrected chi connectivity index (χ2v) is 8.64. The number of fused-ring (bicyclic) bond motifs is 2. The number of pyridine rings is 1. The van der Waals surface area contributed by atoms with E-state index in [0.717, 1.165) is 29.4 Å². The zero-order valence-corrected chi connectivity index (χ0v) is 19.7. The van der Waals surface area contributed by atoms with E-state index in [0.29, 0.717) is 41.2 Å². The van der Waals surface area contributed by atoms with Crippen LogP contribution < -0.4 is 0 Å². The van der Waals surface area contributed by atoms with Gasteiger partial charge < -0.3 is 14.7 Å². The van der Waals surface area contributed by atoms with Crippen LogP contribution in [0.2, 0.25) is 0 Å². The molecule has 0 amide bonds. The van der Waals surface area contributed by atoms with Crippen molar-refractivity contribution in [3.05, 3.63) is 57.1 Å². The predicted molar refractivity (Wildman–Crippen MR) is 124 cm³/mol. The van der Waals surface area contributed by atoms with Crippen molar-refractivity contribution in [1.29, 1.82) is 0 Å². The van der Waals surface area contributed by atoms with Crippen molar-refractivity contribution >= 4 is 28.9 Å². The maximum atomic E-state index is 14.6. The summed E-state index contributed by atoms with van der Waals surface area (Å²) in [6, 6.07) is 1.49. The number of ether oxygens (including phenoxy) is 1. The number of aliphatic hydroxyl groups excluding tert-OH is 1. The quantitative estimate of drug-likeness (QED) is 0.549. The van der Waals surface area contributed by atoms with Crippen molar-refractivity contribution in [2.45, 2.75) is 59.1 Å². The summed E-state index contributed by atoms with van der Waals surface area (Å²) in [6.45, 7) is 8.46. The van der Waals surface area contributed by atoms with Gasteiger partial charge in [-0.3, -0.25) is 4.79 Å². The summed E-state index contributed by atoms with van der Waals surface area (Å²) >= 11 is 0. The monoisotopic (exact) mass is 452 g/mol. The molecule has 2 aliphatic heterocycles. The van der Waals surface area contributed by atoms with E-state index in [9.17, 15) is 19.1 Å². The van der Waals surface area contributed by atoms with Crippen LogP contribution in [0.4, 0.5) is 4.39 Å². The summed E-state index contributed by atoms with van der Waals surface area (Å²) in [4.78, 5) is 30.2. The van der Waals surface area contributed by atoms with Gasteiger partial charge in [0.25, 0.3) is 0 Å². The molecule has 2 atom stereocenters. The first-order valence-corrected chi connectivity index (χ1v) is 11.4. The van der Waals surface area contributed by atoms with Crippen molar-refractivity contribution in [3.8, 4) is 0 Å². The predicted octanol–water partition coefficient (Wildman–Crippen LogP) is 3.96. The summed E-state index contributed by atoms with van der Waals surface area (Å²) in [6.07, 6.45) is 2.49. The molecule has 0 spiro atoms. The fraction of sp³-hybridized carbons (Fsp3) is 0.423. The highest BCUT2D eigenvalue weighted by atomic mass is 19.1. The number of nitrogens with zero attached hydrogens (tertiary/aromatic N) is 2. The van der Waals surface area contributed by atoms with Crippen LogP contribution in [0.1, 0.15) is 61.1 Å². The van der Waals surface area contributed by atoms with Crippen LogP contribution in [0.5, 0.6) is 0 Å². The molecular formula is C26H29FN2O4. The highest BCUT2D eigenvalue weighted by Gasteiger charge is 2.35. The van der Waals surface area contributed by atoms with Gasteiger partial charge in [0.1, 0.15) is 18.7 Å². The average Bonchev–Trinajstić information content (AvgIpc) is 3.12. The number of carbonyl (C=O) groups is 2. The molecule has 5 rings (SSSR count). The van der Waals surface area contributed by atoms with E-state index in [2.05, 4.69) is 6.92 Å². The maximum Gasteiger partial charge on any atom is 0.340 e. The smallest absolute Gasteiger partial charge is 0.340 e. The van der Waals surface area contributed by atoms with Gasteiger partial charge in [0.05, 0.1) is 16.9 Å². The fourth-order valence-corrected chi connectivity index (χ4v) is 5.09. The molecule has 33 heavy (non-hydrogen) atoms. The topological polar surface area (TPSA) is 79.7 Å². The Bertz CT molecular complexity index is 1230. The molecule has 1 N–H and O–H groups in total. The molecule has 0 saturated carbocycles. The largest absolute Gasteiger partial charge is 0.459 e. The van der Waals surface area contributed by atoms with E-state index in [1.54, 1.807) is 6.08 Å². The first kappa shape index (κ1) is 23.1. The minimum atomic E-state index is -1.52. The third-order valence-electron chi connectivity index (χ3n) is 6.81. The molecule has 0 saturated heterocycles. The van der Waals surface area contributed by atoms with E-state index in [1.165, 1.54) is 11.6 Å². The summed E-state index contributed by atoms with van der Waals surface area (Å²) in [5.41, 5.74) is 6.47. The Hall–Kier alpha value is -3.06. The second-order valence-electron chi connectivity index (χ2n) is 8.64. The zero-order valence-electron chi connectivity index (χ0n) is 19.7. The summed E-state index contributed by atoms with van der Waals surface area (Å²) in [7, 11) is 1.90. The van der Waals surface area contributed by atoms with E-state index in [1.807, 2.05) is 32.7 Å². The first-order chi connectivity index (χ1) is 15.8. The van der Waals surface area contributed by atoms with Gasteiger partial charge in [-0.15, -0.1) is 0 Å². The number of aldehydes is 1. The first-order valence-electron chi connectivity index (χ1n) is 11.4. The molecule has 0 radical (unpaired) electrons. The van der Waals surface area contributed by atoms with Gasteiger partial charge in [-0.05, 0) is 48.4 Å². The molecule has 0 fully saturated rings. The van der Waals surface area contributed by atoms with Gasteiger partial charge >= 0.3 is 5.97 Å². The summed E-state index contributed by atoms with van der Waals surface area (Å²) in [5, 5.41) is 11.4. The van der Waals surface area contributed by atoms with Crippen molar-refractivity contribution in [1.82, 2.24) is 9.88 Å². The third kappa shape index (κ3) is 3.55. The van der Waals surface area contributed by atoms with Crippen molar-refractivity contribution < 1.29 is 23.8 Å². The molecule has 1 aliphatic carbocycles. The highest BCUT2D eigenvalue weighted by Crippen LogP contribution is 2.45. The maximum absolute atomic E-state index is 14.6. The molecule has 3 aliphatic rings. The Morgan fingerprint density at radius 2 is 2.03 bits per heavy atom. The molecule has 7 heteroatoms. The molecule has 3 heterocycles. The standard InChI is InChI=1S/C24H23FN2O4.C2H6/c1-11-4-5-14-12(2)17(25)7-18-21(14)20(11)16-8-27(3)19(22(16)26-18)6-15-13(9-28)10-31-24(30)23(15)29;1-2/h6-7,9,11,23,29H,4-5,8,10H2,1-3H3;1-2H3/b19-6-;/t11-,23?;/m0./s1. The molecule has 174 valence electrons. The molecular weight excluding hydrogens is 423 g/mol. The number of hydrogen-bond acceptors (Lipinski definition) is 6. The number of aliphatic hydroxyl groups is 1. The molecule has 0 bridgehead atoms. The number of carbonyl (C=O) groups excluding carboxylic acids is 2. The minimum absolute atomic E-state index is 0.170. The summed E-state index contributed by atoms with van der Waals surface area (Å²) in [5.74, 6) is -0.733. The van der Waals surface area contributed by atoms with Gasteiger partial charge in [-0.25, -0.2) is 14.2 Å². The Labute approximate surface area is 192 Å². The second kappa shape index (κ2) is 8.71. The lowest BCUT2D eigenvalue weighted by Crippen LogP contribution is -2.32. The van der Waals surface area contributed by atoms with Crippen molar-refractivity contribution in [3.63, 3.8) is 0 Å². The van der Waals surface area contributed by atoms with Crippen LogP contribution in [0, 0.1) is 12.7 Å². The number of aryl methyl sites for hydroxylation is 1. The lowest BCUT2D eigenvalue weighted by molar-refractivity contribution is -0.151. The number of rotatable bonds is 2. The molecule has 1 aromatic carbocycles. The van der Waals surface area contributed by atoms with E-state index >= 15 is 0 Å².